The van der Waals surface area contributed by atoms with Gasteiger partial charge in [-0.1, -0.05) is 43.7 Å². The molecule has 0 saturated heterocycles. The van der Waals surface area contributed by atoms with Gasteiger partial charge in [0.25, 0.3) is 0 Å². The van der Waals surface area contributed by atoms with Crippen LogP contribution >= 0.6 is 0 Å². The van der Waals surface area contributed by atoms with Crippen molar-refractivity contribution in [3.8, 4) is 0 Å². The van der Waals surface area contributed by atoms with E-state index >= 15 is 0 Å². The molecule has 0 aliphatic heterocycles. The smallest absolute Gasteiger partial charge is 0.121 e. The standard InChI is InChI=1S/C16H19NO/c1-2-3-7-13-10-11-17-15(12-13)16(18)14-8-5-4-6-9-14/h4-6,8-12,16,18H,2-3,7H2,1H3. The third kappa shape index (κ3) is 3.17. The summed E-state index contributed by atoms with van der Waals surface area (Å²) in [5.74, 6) is 0. The Labute approximate surface area is 108 Å². The first-order chi connectivity index (χ1) is 8.81. The van der Waals surface area contributed by atoms with Crippen molar-refractivity contribution in [2.24, 2.45) is 0 Å². The van der Waals surface area contributed by atoms with Gasteiger partial charge in [-0.3, -0.25) is 4.98 Å². The molecule has 1 unspecified atom stereocenters. The van der Waals surface area contributed by atoms with Gasteiger partial charge < -0.3 is 5.11 Å². The van der Waals surface area contributed by atoms with Crippen LogP contribution in [0.2, 0.25) is 0 Å². The van der Waals surface area contributed by atoms with Gasteiger partial charge >= 0.3 is 0 Å². The predicted octanol–water partition coefficient (Wildman–Crippen LogP) is 3.51. The highest BCUT2D eigenvalue weighted by atomic mass is 16.3. The number of benzene rings is 1. The summed E-state index contributed by atoms with van der Waals surface area (Å²) < 4.78 is 0. The molecule has 2 rings (SSSR count). The molecule has 2 heteroatoms. The maximum Gasteiger partial charge on any atom is 0.121 e. The number of unbranched alkanes of at least 4 members (excludes halogenated alkanes) is 1. The van der Waals surface area contributed by atoms with E-state index in [1.54, 1.807) is 6.20 Å². The fraction of sp³-hybridized carbons (Fsp3) is 0.312. The fourth-order valence-electron chi connectivity index (χ4n) is 1.99. The number of aryl methyl sites for hydroxylation is 1. The minimum atomic E-state index is -0.632. The summed E-state index contributed by atoms with van der Waals surface area (Å²) in [7, 11) is 0. The Morgan fingerprint density at radius 2 is 1.94 bits per heavy atom. The molecular weight excluding hydrogens is 222 g/mol. The molecule has 1 atom stereocenters. The van der Waals surface area contributed by atoms with Gasteiger partial charge in [-0.2, -0.15) is 0 Å². The number of nitrogens with zero attached hydrogens (tertiary/aromatic N) is 1. The number of aromatic nitrogens is 1. The molecule has 0 amide bonds. The highest BCUT2D eigenvalue weighted by Crippen LogP contribution is 2.20. The van der Waals surface area contributed by atoms with Gasteiger partial charge in [-0.05, 0) is 36.1 Å². The van der Waals surface area contributed by atoms with Crippen molar-refractivity contribution < 1.29 is 5.11 Å². The van der Waals surface area contributed by atoms with Crippen molar-refractivity contribution in [2.75, 3.05) is 0 Å². The third-order valence-electron chi connectivity index (χ3n) is 3.06. The van der Waals surface area contributed by atoms with E-state index < -0.39 is 6.10 Å². The zero-order valence-electron chi connectivity index (χ0n) is 10.7. The quantitative estimate of drug-likeness (QED) is 0.869. The van der Waals surface area contributed by atoms with Crippen LogP contribution in [0.15, 0.2) is 48.7 Å². The average molecular weight is 241 g/mol. The Morgan fingerprint density at radius 1 is 1.17 bits per heavy atom. The van der Waals surface area contributed by atoms with E-state index in [9.17, 15) is 5.11 Å². The predicted molar refractivity (Wildman–Crippen MR) is 73.4 cm³/mol. The van der Waals surface area contributed by atoms with E-state index in [1.807, 2.05) is 42.5 Å². The number of rotatable bonds is 5. The molecule has 1 aromatic carbocycles. The van der Waals surface area contributed by atoms with Crippen LogP contribution in [-0.4, -0.2) is 10.1 Å². The maximum atomic E-state index is 10.3. The first-order valence-electron chi connectivity index (χ1n) is 6.49. The monoisotopic (exact) mass is 241 g/mol. The number of aliphatic hydroxyl groups is 1. The van der Waals surface area contributed by atoms with Gasteiger partial charge in [0.2, 0.25) is 0 Å². The van der Waals surface area contributed by atoms with Crippen LogP contribution in [0.5, 0.6) is 0 Å². The lowest BCUT2D eigenvalue weighted by Crippen LogP contribution is -2.03. The van der Waals surface area contributed by atoms with Gasteiger partial charge in [-0.25, -0.2) is 0 Å². The molecule has 0 aliphatic rings. The summed E-state index contributed by atoms with van der Waals surface area (Å²) in [6, 6.07) is 13.7. The highest BCUT2D eigenvalue weighted by molar-refractivity contribution is 5.27. The van der Waals surface area contributed by atoms with Crippen molar-refractivity contribution in [2.45, 2.75) is 32.3 Å². The normalized spacial score (nSPS) is 12.3. The Bertz CT molecular complexity index is 481. The summed E-state index contributed by atoms with van der Waals surface area (Å²) in [4.78, 5) is 4.27. The molecule has 0 fully saturated rings. The van der Waals surface area contributed by atoms with Crippen LogP contribution in [0.1, 0.15) is 42.7 Å². The highest BCUT2D eigenvalue weighted by Gasteiger charge is 2.11. The zero-order valence-corrected chi connectivity index (χ0v) is 10.7. The van der Waals surface area contributed by atoms with Crippen molar-refractivity contribution in [1.82, 2.24) is 4.98 Å². The second kappa shape index (κ2) is 6.31. The van der Waals surface area contributed by atoms with Crippen molar-refractivity contribution in [3.05, 3.63) is 65.5 Å². The van der Waals surface area contributed by atoms with Gasteiger partial charge in [0.1, 0.15) is 6.10 Å². The SMILES string of the molecule is CCCCc1ccnc(C(O)c2ccccc2)c1. The molecule has 0 bridgehead atoms. The van der Waals surface area contributed by atoms with Crippen molar-refractivity contribution in [1.29, 1.82) is 0 Å². The Kier molecular flexibility index (Phi) is 4.48. The molecule has 94 valence electrons. The summed E-state index contributed by atoms with van der Waals surface area (Å²) >= 11 is 0. The molecule has 18 heavy (non-hydrogen) atoms. The summed E-state index contributed by atoms with van der Waals surface area (Å²) in [5.41, 5.74) is 2.87. The van der Waals surface area contributed by atoms with Crippen LogP contribution in [0.3, 0.4) is 0 Å². The summed E-state index contributed by atoms with van der Waals surface area (Å²) in [6.45, 7) is 2.18. The van der Waals surface area contributed by atoms with E-state index in [0.29, 0.717) is 0 Å². The van der Waals surface area contributed by atoms with Gasteiger partial charge in [0, 0.05) is 6.20 Å². The van der Waals surface area contributed by atoms with Crippen LogP contribution < -0.4 is 0 Å². The van der Waals surface area contributed by atoms with Crippen LogP contribution in [0, 0.1) is 0 Å². The average Bonchev–Trinajstić information content (AvgIpc) is 2.45. The van der Waals surface area contributed by atoms with Crippen LogP contribution in [-0.2, 0) is 6.42 Å². The lowest BCUT2D eigenvalue weighted by atomic mass is 10.0. The molecule has 0 spiro atoms. The van der Waals surface area contributed by atoms with E-state index in [2.05, 4.69) is 11.9 Å². The topological polar surface area (TPSA) is 33.1 Å². The van der Waals surface area contributed by atoms with Gasteiger partial charge in [0.05, 0.1) is 5.69 Å². The van der Waals surface area contributed by atoms with E-state index in [4.69, 9.17) is 0 Å². The zero-order chi connectivity index (χ0) is 12.8. The second-order valence-electron chi connectivity index (χ2n) is 4.51. The number of hydrogen-bond donors (Lipinski definition) is 1. The Balaban J connectivity index is 2.17. The second-order valence-corrected chi connectivity index (χ2v) is 4.51. The molecule has 0 saturated carbocycles. The van der Waals surface area contributed by atoms with E-state index in [-0.39, 0.29) is 0 Å². The first kappa shape index (κ1) is 12.8. The fourth-order valence-corrected chi connectivity index (χ4v) is 1.99. The van der Waals surface area contributed by atoms with Crippen molar-refractivity contribution >= 4 is 0 Å². The largest absolute Gasteiger partial charge is 0.382 e. The summed E-state index contributed by atoms with van der Waals surface area (Å²) in [5, 5.41) is 10.3. The molecule has 2 aromatic rings. The van der Waals surface area contributed by atoms with Gasteiger partial charge in [0.15, 0.2) is 0 Å². The molecule has 0 radical (unpaired) electrons. The Morgan fingerprint density at radius 3 is 2.67 bits per heavy atom. The first-order valence-corrected chi connectivity index (χ1v) is 6.49. The lowest BCUT2D eigenvalue weighted by Gasteiger charge is -2.11. The maximum absolute atomic E-state index is 10.3. The number of aliphatic hydroxyl groups excluding tert-OH is 1. The van der Waals surface area contributed by atoms with Crippen LogP contribution in [0.4, 0.5) is 0 Å². The lowest BCUT2D eigenvalue weighted by molar-refractivity contribution is 0.215. The summed E-state index contributed by atoms with van der Waals surface area (Å²) in [6.07, 6.45) is 4.55. The molecule has 1 heterocycles. The molecule has 1 N–H and O–H groups in total. The molecule has 0 aliphatic carbocycles. The van der Waals surface area contributed by atoms with Crippen LogP contribution in [0.25, 0.3) is 0 Å². The third-order valence-corrected chi connectivity index (χ3v) is 3.06. The molecule has 1 aromatic heterocycles. The van der Waals surface area contributed by atoms with E-state index in [1.165, 1.54) is 18.4 Å². The van der Waals surface area contributed by atoms with E-state index in [0.717, 1.165) is 17.7 Å². The minimum Gasteiger partial charge on any atom is -0.382 e. The molecule has 2 nitrogen and oxygen atoms in total. The van der Waals surface area contributed by atoms with Crippen molar-refractivity contribution in [3.63, 3.8) is 0 Å². The number of hydrogen-bond acceptors (Lipinski definition) is 2. The molecular formula is C16H19NO. The van der Waals surface area contributed by atoms with Gasteiger partial charge in [-0.15, -0.1) is 0 Å². The number of pyridine rings is 1. The minimum absolute atomic E-state index is 0.632. The Hall–Kier alpha value is -1.67.